The van der Waals surface area contributed by atoms with Gasteiger partial charge in [0, 0.05) is 14.0 Å². The fourth-order valence-corrected chi connectivity index (χ4v) is 2.06. The molecule has 0 saturated carbocycles. The Balaban J connectivity index is 2.21. The Bertz CT molecular complexity index is 343. The van der Waals surface area contributed by atoms with Gasteiger partial charge in [0.25, 0.3) is 0 Å². The molecule has 2 rings (SSSR count). The Labute approximate surface area is 103 Å². The molecule has 0 unspecified atom stereocenters. The van der Waals surface area contributed by atoms with Gasteiger partial charge < -0.3 is 28.8 Å². The number of fused-ring (bicyclic) bond motifs is 1. The molecule has 0 bridgehead atoms. The van der Waals surface area contributed by atoms with E-state index in [1.165, 1.54) is 14.0 Å². The molecule has 0 amide bonds. The molecule has 0 aromatic carbocycles. The first-order valence-electron chi connectivity index (χ1n) is 5.40. The van der Waals surface area contributed by atoms with E-state index in [9.17, 15) is 14.7 Å². The zero-order valence-corrected chi connectivity index (χ0v) is 9.90. The van der Waals surface area contributed by atoms with Crippen LogP contribution in [0.25, 0.3) is 0 Å². The first-order valence-corrected chi connectivity index (χ1v) is 5.40. The molecule has 2 saturated heterocycles. The van der Waals surface area contributed by atoms with Gasteiger partial charge in [-0.25, -0.2) is 4.79 Å². The molecule has 0 aromatic rings. The van der Waals surface area contributed by atoms with Gasteiger partial charge in [0.15, 0.2) is 24.6 Å². The zero-order valence-electron chi connectivity index (χ0n) is 9.90. The minimum atomic E-state index is -0.921. The number of hydrogen-bond donors (Lipinski definition) is 1. The molecular formula is C10H14O8. The number of ether oxygens (including phenoxy) is 5. The maximum absolute atomic E-state index is 11.1. The molecule has 0 aromatic heterocycles. The number of hydrogen-bond acceptors (Lipinski definition) is 8. The molecule has 0 spiro atoms. The summed E-state index contributed by atoms with van der Waals surface area (Å²) >= 11 is 0. The number of carbonyl (C=O) groups is 2. The van der Waals surface area contributed by atoms with Crippen molar-refractivity contribution in [2.45, 2.75) is 37.6 Å². The summed E-state index contributed by atoms with van der Waals surface area (Å²) in [6, 6.07) is 0. The smallest absolute Gasteiger partial charge is 0.456 e. The van der Waals surface area contributed by atoms with E-state index >= 15 is 0 Å². The SMILES string of the molecule is CO[C@H]1O[C@H](CO)[C@@H](OC(C)=O)[C@@H]2OC(=O)O[C@@H]12. The van der Waals surface area contributed by atoms with Crippen LogP contribution in [-0.4, -0.2) is 61.7 Å². The van der Waals surface area contributed by atoms with E-state index in [0.29, 0.717) is 0 Å². The maximum Gasteiger partial charge on any atom is 0.509 e. The van der Waals surface area contributed by atoms with E-state index in [-0.39, 0.29) is 0 Å². The molecule has 8 nitrogen and oxygen atoms in total. The van der Waals surface area contributed by atoms with Gasteiger partial charge >= 0.3 is 12.1 Å². The third kappa shape index (κ3) is 2.26. The van der Waals surface area contributed by atoms with Crippen LogP contribution in [0, 0.1) is 0 Å². The predicted molar refractivity (Wildman–Crippen MR) is 53.5 cm³/mol. The fourth-order valence-electron chi connectivity index (χ4n) is 2.06. The molecule has 2 fully saturated rings. The number of rotatable bonds is 3. The molecule has 0 aliphatic carbocycles. The van der Waals surface area contributed by atoms with E-state index in [0.717, 1.165) is 0 Å². The van der Waals surface area contributed by atoms with Crippen molar-refractivity contribution in [3.63, 3.8) is 0 Å². The van der Waals surface area contributed by atoms with E-state index in [2.05, 4.69) is 0 Å². The van der Waals surface area contributed by atoms with Gasteiger partial charge in [0.1, 0.15) is 6.10 Å². The highest BCUT2D eigenvalue weighted by atomic mass is 16.8. The highest BCUT2D eigenvalue weighted by molar-refractivity contribution is 5.67. The summed E-state index contributed by atoms with van der Waals surface area (Å²) in [7, 11) is 1.37. The molecule has 18 heavy (non-hydrogen) atoms. The van der Waals surface area contributed by atoms with Crippen molar-refractivity contribution in [1.29, 1.82) is 0 Å². The lowest BCUT2D eigenvalue weighted by molar-refractivity contribution is -0.274. The number of aliphatic hydroxyl groups is 1. The van der Waals surface area contributed by atoms with Gasteiger partial charge in [0.2, 0.25) is 0 Å². The molecule has 5 atom stereocenters. The summed E-state index contributed by atoms with van der Waals surface area (Å²) in [5, 5.41) is 9.22. The highest BCUT2D eigenvalue weighted by Crippen LogP contribution is 2.32. The Kier molecular flexibility index (Phi) is 3.69. The number of aliphatic hydroxyl groups excluding tert-OH is 1. The molecular weight excluding hydrogens is 248 g/mol. The van der Waals surface area contributed by atoms with Crippen LogP contribution in [0.1, 0.15) is 6.92 Å². The van der Waals surface area contributed by atoms with Gasteiger partial charge in [-0.15, -0.1) is 0 Å². The first-order chi connectivity index (χ1) is 8.56. The summed E-state index contributed by atoms with van der Waals surface area (Å²) in [6.45, 7) is 0.808. The second-order valence-corrected chi connectivity index (χ2v) is 3.95. The Morgan fingerprint density at radius 3 is 2.61 bits per heavy atom. The van der Waals surface area contributed by atoms with E-state index < -0.39 is 49.4 Å². The van der Waals surface area contributed by atoms with Crippen LogP contribution in [-0.2, 0) is 28.5 Å². The lowest BCUT2D eigenvalue weighted by atomic mass is 9.99. The molecule has 2 heterocycles. The van der Waals surface area contributed by atoms with Gasteiger partial charge in [-0.3, -0.25) is 4.79 Å². The zero-order chi connectivity index (χ0) is 13.3. The summed E-state index contributed by atoms with van der Waals surface area (Å²) < 4.78 is 25.2. The minimum Gasteiger partial charge on any atom is -0.456 e. The molecule has 2 aliphatic heterocycles. The topological polar surface area (TPSA) is 101 Å². The van der Waals surface area contributed by atoms with Crippen molar-refractivity contribution >= 4 is 12.1 Å². The van der Waals surface area contributed by atoms with Crippen molar-refractivity contribution < 1.29 is 38.4 Å². The summed E-state index contributed by atoms with van der Waals surface area (Å²) in [4.78, 5) is 22.2. The first kappa shape index (κ1) is 13.1. The standard InChI is InChI=1S/C10H14O8/c1-4(12)15-6-5(3-11)16-9(14-2)8-7(6)17-10(13)18-8/h5-9,11H,3H2,1-2H3/t5-,6-,7+,8-,9+/m1/s1. The average Bonchev–Trinajstić information content (AvgIpc) is 2.70. The van der Waals surface area contributed by atoms with Crippen LogP contribution >= 0.6 is 0 Å². The van der Waals surface area contributed by atoms with Crippen molar-refractivity contribution in [2.24, 2.45) is 0 Å². The van der Waals surface area contributed by atoms with Gasteiger partial charge in [0.05, 0.1) is 6.61 Å². The number of carbonyl (C=O) groups excluding carboxylic acids is 2. The third-order valence-corrected chi connectivity index (χ3v) is 2.77. The van der Waals surface area contributed by atoms with Crippen molar-refractivity contribution in [3.05, 3.63) is 0 Å². The Morgan fingerprint density at radius 1 is 1.39 bits per heavy atom. The van der Waals surface area contributed by atoms with E-state index in [4.69, 9.17) is 23.7 Å². The second kappa shape index (κ2) is 5.09. The molecule has 8 heteroatoms. The predicted octanol–water partition coefficient (Wildman–Crippen LogP) is -0.814. The summed E-state index contributed by atoms with van der Waals surface area (Å²) in [5.41, 5.74) is 0. The summed E-state index contributed by atoms with van der Waals surface area (Å²) in [6.07, 6.45) is -5.19. The van der Waals surface area contributed by atoms with Crippen LogP contribution in [0.15, 0.2) is 0 Å². The van der Waals surface area contributed by atoms with Crippen LogP contribution < -0.4 is 0 Å². The lowest BCUT2D eigenvalue weighted by Gasteiger charge is -2.38. The Hall–Kier alpha value is -1.38. The second-order valence-electron chi connectivity index (χ2n) is 3.95. The maximum atomic E-state index is 11.1. The fraction of sp³-hybridized carbons (Fsp3) is 0.800. The van der Waals surface area contributed by atoms with E-state index in [1.807, 2.05) is 0 Å². The monoisotopic (exact) mass is 262 g/mol. The minimum absolute atomic E-state index is 0.404. The van der Waals surface area contributed by atoms with Gasteiger partial charge in [-0.05, 0) is 0 Å². The number of methoxy groups -OCH3 is 1. The number of esters is 1. The highest BCUT2D eigenvalue weighted by Gasteiger charge is 2.56. The van der Waals surface area contributed by atoms with Crippen LogP contribution in [0.5, 0.6) is 0 Å². The van der Waals surface area contributed by atoms with Crippen LogP contribution in [0.3, 0.4) is 0 Å². The molecule has 1 N–H and O–H groups in total. The molecule has 102 valence electrons. The van der Waals surface area contributed by atoms with E-state index in [1.54, 1.807) is 0 Å². The lowest BCUT2D eigenvalue weighted by Crippen LogP contribution is -2.59. The van der Waals surface area contributed by atoms with Gasteiger partial charge in [-0.1, -0.05) is 0 Å². The van der Waals surface area contributed by atoms with Crippen LogP contribution in [0.2, 0.25) is 0 Å². The van der Waals surface area contributed by atoms with Crippen LogP contribution in [0.4, 0.5) is 4.79 Å². The summed E-state index contributed by atoms with van der Waals surface area (Å²) in [5.74, 6) is -0.570. The molecule has 2 aliphatic rings. The molecule has 0 radical (unpaired) electrons. The average molecular weight is 262 g/mol. The quantitative estimate of drug-likeness (QED) is 0.659. The largest absolute Gasteiger partial charge is 0.509 e. The third-order valence-electron chi connectivity index (χ3n) is 2.77. The Morgan fingerprint density at radius 2 is 2.06 bits per heavy atom. The van der Waals surface area contributed by atoms with Gasteiger partial charge in [-0.2, -0.15) is 0 Å². The normalized spacial score (nSPS) is 38.6. The van der Waals surface area contributed by atoms with Crippen molar-refractivity contribution in [1.82, 2.24) is 0 Å². The van der Waals surface area contributed by atoms with Crippen molar-refractivity contribution in [3.8, 4) is 0 Å². The van der Waals surface area contributed by atoms with Crippen molar-refractivity contribution in [2.75, 3.05) is 13.7 Å².